The molecule has 0 amide bonds. The fourth-order valence-electron chi connectivity index (χ4n) is 1.56. The molecule has 0 saturated carbocycles. The maximum absolute atomic E-state index is 11.2. The highest BCUT2D eigenvalue weighted by Crippen LogP contribution is 2.04. The smallest absolute Gasteiger partial charge is 0.305 e. The van der Waals surface area contributed by atoms with E-state index in [0.717, 1.165) is 25.7 Å². The van der Waals surface area contributed by atoms with Gasteiger partial charge in [0.15, 0.2) is 0 Å². The molecule has 26 heavy (non-hydrogen) atoms. The number of carboxylic acid groups (broad SMARTS) is 2. The predicted molar refractivity (Wildman–Crippen MR) is 94.7 cm³/mol. The molecule has 0 rings (SSSR count). The van der Waals surface area contributed by atoms with Crippen LogP contribution in [0.5, 0.6) is 0 Å². The van der Waals surface area contributed by atoms with Crippen molar-refractivity contribution in [2.24, 2.45) is 0 Å². The first-order valence-electron chi connectivity index (χ1n) is 9.08. The van der Waals surface area contributed by atoms with Crippen LogP contribution in [-0.4, -0.2) is 47.3 Å². The van der Waals surface area contributed by atoms with Crippen LogP contribution in [0.3, 0.4) is 0 Å². The zero-order chi connectivity index (χ0) is 20.2. The number of unbranched alkanes of at least 4 members (excludes halogenated alkanes) is 3. The fourth-order valence-corrected chi connectivity index (χ4v) is 1.56. The Kier molecular flexibility index (Phi) is 19.3. The molecule has 0 unspecified atom stereocenters. The second-order valence-corrected chi connectivity index (χ2v) is 5.64. The van der Waals surface area contributed by atoms with Gasteiger partial charge in [-0.25, -0.2) is 0 Å². The van der Waals surface area contributed by atoms with Gasteiger partial charge in [-0.2, -0.15) is 0 Å². The third kappa shape index (κ3) is 24.1. The lowest BCUT2D eigenvalue weighted by atomic mass is 10.2. The largest absolute Gasteiger partial charge is 0.481 e. The molecule has 0 bridgehead atoms. The molecule has 152 valence electrons. The topological polar surface area (TPSA) is 127 Å². The van der Waals surface area contributed by atoms with Crippen molar-refractivity contribution in [1.82, 2.24) is 0 Å². The van der Waals surface area contributed by atoms with Gasteiger partial charge in [0.05, 0.1) is 26.1 Å². The van der Waals surface area contributed by atoms with E-state index in [9.17, 15) is 19.2 Å². The first-order valence-corrected chi connectivity index (χ1v) is 9.08. The first-order chi connectivity index (χ1) is 12.3. The van der Waals surface area contributed by atoms with Gasteiger partial charge in [-0.3, -0.25) is 19.2 Å². The van der Waals surface area contributed by atoms with Crippen molar-refractivity contribution < 1.29 is 38.9 Å². The van der Waals surface area contributed by atoms with Crippen LogP contribution in [-0.2, 0) is 28.7 Å². The SMILES string of the molecule is CCCCOC(=O)CCCCC(=O)OCCCC.O=C(O)CCC(=O)O. The number of carboxylic acids is 2. The van der Waals surface area contributed by atoms with Crippen molar-refractivity contribution in [3.63, 3.8) is 0 Å². The molecule has 0 aromatic carbocycles. The van der Waals surface area contributed by atoms with E-state index < -0.39 is 11.9 Å². The van der Waals surface area contributed by atoms with Crippen molar-refractivity contribution in [3.8, 4) is 0 Å². The van der Waals surface area contributed by atoms with Gasteiger partial charge in [0.1, 0.15) is 0 Å². The lowest BCUT2D eigenvalue weighted by Gasteiger charge is -2.04. The maximum atomic E-state index is 11.2. The number of carbonyl (C=O) groups excluding carboxylic acids is 2. The predicted octanol–water partition coefficient (Wildman–Crippen LogP) is 3.17. The molecule has 0 radical (unpaired) electrons. The Hall–Kier alpha value is -2.12. The monoisotopic (exact) mass is 376 g/mol. The van der Waals surface area contributed by atoms with Crippen LogP contribution in [0, 0.1) is 0 Å². The second-order valence-electron chi connectivity index (χ2n) is 5.64. The van der Waals surface area contributed by atoms with E-state index in [0.29, 0.717) is 38.9 Å². The first kappa shape index (κ1) is 26.1. The van der Waals surface area contributed by atoms with Gasteiger partial charge in [0.2, 0.25) is 0 Å². The van der Waals surface area contributed by atoms with Gasteiger partial charge in [-0.15, -0.1) is 0 Å². The van der Waals surface area contributed by atoms with Crippen LogP contribution in [0.2, 0.25) is 0 Å². The van der Waals surface area contributed by atoms with Crippen LogP contribution in [0.4, 0.5) is 0 Å². The highest BCUT2D eigenvalue weighted by Gasteiger charge is 2.05. The molecule has 0 aromatic heterocycles. The Balaban J connectivity index is 0. The zero-order valence-electron chi connectivity index (χ0n) is 15.8. The lowest BCUT2D eigenvalue weighted by Crippen LogP contribution is -2.07. The van der Waals surface area contributed by atoms with Gasteiger partial charge in [0.25, 0.3) is 0 Å². The summed E-state index contributed by atoms with van der Waals surface area (Å²) in [4.78, 5) is 41.8. The van der Waals surface area contributed by atoms with E-state index in [1.807, 2.05) is 0 Å². The summed E-state index contributed by atoms with van der Waals surface area (Å²) in [6.45, 7) is 5.12. The highest BCUT2D eigenvalue weighted by molar-refractivity contribution is 5.75. The van der Waals surface area contributed by atoms with E-state index in [1.54, 1.807) is 0 Å². The van der Waals surface area contributed by atoms with Gasteiger partial charge < -0.3 is 19.7 Å². The van der Waals surface area contributed by atoms with Crippen molar-refractivity contribution in [2.45, 2.75) is 78.1 Å². The third-order valence-electron chi connectivity index (χ3n) is 3.09. The lowest BCUT2D eigenvalue weighted by molar-refractivity contribution is -0.146. The molecule has 0 aliphatic rings. The molecule has 0 aliphatic carbocycles. The summed E-state index contributed by atoms with van der Waals surface area (Å²) in [5, 5.41) is 15.8. The Morgan fingerprint density at radius 2 is 0.962 bits per heavy atom. The summed E-state index contributed by atoms with van der Waals surface area (Å²) >= 11 is 0. The normalized spacial score (nSPS) is 9.62. The Morgan fingerprint density at radius 3 is 1.23 bits per heavy atom. The van der Waals surface area contributed by atoms with E-state index in [4.69, 9.17) is 19.7 Å². The summed E-state index contributed by atoms with van der Waals surface area (Å²) in [6, 6.07) is 0. The van der Waals surface area contributed by atoms with Crippen LogP contribution in [0.25, 0.3) is 0 Å². The Bertz CT molecular complexity index is 368. The standard InChI is InChI=1S/C14H26O4.C4H6O4/c1-3-5-11-17-13(15)9-7-8-10-14(16)18-12-6-4-2;5-3(6)1-2-4(7)8/h3-12H2,1-2H3;1-2H2,(H,5,6)(H,7,8). The van der Waals surface area contributed by atoms with Crippen LogP contribution < -0.4 is 0 Å². The third-order valence-corrected chi connectivity index (χ3v) is 3.09. The van der Waals surface area contributed by atoms with Crippen molar-refractivity contribution >= 4 is 23.9 Å². The minimum Gasteiger partial charge on any atom is -0.481 e. The molecule has 0 saturated heterocycles. The quantitative estimate of drug-likeness (QED) is 0.349. The maximum Gasteiger partial charge on any atom is 0.305 e. The van der Waals surface area contributed by atoms with Crippen LogP contribution >= 0.6 is 0 Å². The molecular weight excluding hydrogens is 344 g/mol. The number of rotatable bonds is 14. The minimum atomic E-state index is -1.08. The number of esters is 2. The van der Waals surface area contributed by atoms with Crippen LogP contribution in [0.1, 0.15) is 78.1 Å². The Morgan fingerprint density at radius 1 is 0.615 bits per heavy atom. The molecule has 0 spiro atoms. The van der Waals surface area contributed by atoms with Crippen molar-refractivity contribution in [1.29, 1.82) is 0 Å². The van der Waals surface area contributed by atoms with Crippen molar-refractivity contribution in [3.05, 3.63) is 0 Å². The van der Waals surface area contributed by atoms with E-state index in [2.05, 4.69) is 13.8 Å². The fraction of sp³-hybridized carbons (Fsp3) is 0.778. The molecular formula is C18H32O8. The molecule has 2 N–H and O–H groups in total. The van der Waals surface area contributed by atoms with Gasteiger partial charge in [0, 0.05) is 12.8 Å². The number of ether oxygens (including phenoxy) is 2. The van der Waals surface area contributed by atoms with Crippen LogP contribution in [0.15, 0.2) is 0 Å². The van der Waals surface area contributed by atoms with E-state index in [-0.39, 0.29) is 24.8 Å². The molecule has 0 heterocycles. The summed E-state index contributed by atoms with van der Waals surface area (Å²) in [7, 11) is 0. The highest BCUT2D eigenvalue weighted by atomic mass is 16.5. The number of hydrogen-bond acceptors (Lipinski definition) is 6. The summed E-state index contributed by atoms with van der Waals surface area (Å²) < 4.78 is 10.0. The van der Waals surface area contributed by atoms with Gasteiger partial charge in [-0.05, 0) is 25.7 Å². The van der Waals surface area contributed by atoms with E-state index >= 15 is 0 Å². The summed E-state index contributed by atoms with van der Waals surface area (Å²) in [6.07, 6.45) is 5.45. The second kappa shape index (κ2) is 19.2. The van der Waals surface area contributed by atoms with Gasteiger partial charge in [-0.1, -0.05) is 26.7 Å². The number of aliphatic carboxylic acids is 2. The summed E-state index contributed by atoms with van der Waals surface area (Å²) in [5.41, 5.74) is 0. The molecule has 0 atom stereocenters. The minimum absolute atomic E-state index is 0.164. The number of hydrogen-bond donors (Lipinski definition) is 2. The van der Waals surface area contributed by atoms with Gasteiger partial charge >= 0.3 is 23.9 Å². The average molecular weight is 376 g/mol. The molecule has 8 nitrogen and oxygen atoms in total. The Labute approximate surface area is 154 Å². The van der Waals surface area contributed by atoms with E-state index in [1.165, 1.54) is 0 Å². The van der Waals surface area contributed by atoms with Crippen molar-refractivity contribution in [2.75, 3.05) is 13.2 Å². The number of carbonyl (C=O) groups is 4. The average Bonchev–Trinajstić information content (AvgIpc) is 2.58. The molecule has 0 aliphatic heterocycles. The molecule has 8 heteroatoms. The molecule has 0 aromatic rings. The zero-order valence-corrected chi connectivity index (χ0v) is 15.8. The molecule has 0 fully saturated rings. The summed E-state index contributed by atoms with van der Waals surface area (Å²) in [5.74, 6) is -2.48.